The maximum absolute atomic E-state index is 12.7. The number of halogens is 7. The van der Waals surface area contributed by atoms with Gasteiger partial charge in [0.05, 0.1) is 21.8 Å². The van der Waals surface area contributed by atoms with Gasteiger partial charge in [0.15, 0.2) is 0 Å². The summed E-state index contributed by atoms with van der Waals surface area (Å²) in [5, 5.41) is -0.598. The Morgan fingerprint density at radius 2 is 1.52 bits per heavy atom. The van der Waals surface area contributed by atoms with Crippen LogP contribution in [0.1, 0.15) is 11.1 Å². The van der Waals surface area contributed by atoms with E-state index in [9.17, 15) is 31.1 Å². The van der Waals surface area contributed by atoms with Crippen LogP contribution in [0.2, 0.25) is 5.02 Å². The molecule has 1 aromatic heterocycles. The summed E-state index contributed by atoms with van der Waals surface area (Å²) < 4.78 is 76.5. The van der Waals surface area contributed by atoms with E-state index in [-0.39, 0.29) is 0 Å². The van der Waals surface area contributed by atoms with Crippen molar-refractivity contribution in [1.82, 2.24) is 4.57 Å². The van der Waals surface area contributed by atoms with Crippen molar-refractivity contribution in [3.8, 4) is 5.69 Å². The molecule has 0 atom stereocenters. The van der Waals surface area contributed by atoms with E-state index in [1.807, 2.05) is 0 Å². The fourth-order valence-electron chi connectivity index (χ4n) is 1.87. The molecule has 1 aromatic carbocycles. The number of hydrogen-bond acceptors (Lipinski definition) is 1. The topological polar surface area (TPSA) is 22.0 Å². The lowest BCUT2D eigenvalue weighted by Crippen LogP contribution is -2.26. The SMILES string of the molecule is [B]c1cc(C(F)(F)F)cc(Cl)c1-n1cc(C(F)(F)F)ccc1=O. The Morgan fingerprint density at radius 3 is 2.00 bits per heavy atom. The summed E-state index contributed by atoms with van der Waals surface area (Å²) in [6.07, 6.45) is -9.06. The van der Waals surface area contributed by atoms with Gasteiger partial charge in [-0.1, -0.05) is 23.1 Å². The minimum absolute atomic E-state index is 0.424. The van der Waals surface area contributed by atoms with Gasteiger partial charge in [-0.25, -0.2) is 0 Å². The Kier molecular flexibility index (Phi) is 4.27. The minimum Gasteiger partial charge on any atom is -0.283 e. The molecule has 0 spiro atoms. The Labute approximate surface area is 131 Å². The number of benzene rings is 1. The Bertz CT molecular complexity index is 788. The van der Waals surface area contributed by atoms with Crippen molar-refractivity contribution >= 4 is 24.9 Å². The van der Waals surface area contributed by atoms with Gasteiger partial charge in [0.25, 0.3) is 5.56 Å². The van der Waals surface area contributed by atoms with Crippen molar-refractivity contribution in [1.29, 1.82) is 0 Å². The number of pyridine rings is 1. The summed E-state index contributed by atoms with van der Waals surface area (Å²) in [6, 6.07) is 2.15. The highest BCUT2D eigenvalue weighted by Gasteiger charge is 2.33. The van der Waals surface area contributed by atoms with E-state index < -0.39 is 45.2 Å². The molecule has 0 saturated heterocycles. The van der Waals surface area contributed by atoms with Crippen LogP contribution in [0.5, 0.6) is 0 Å². The quantitative estimate of drug-likeness (QED) is 0.571. The van der Waals surface area contributed by atoms with Gasteiger partial charge in [0, 0.05) is 12.3 Å². The van der Waals surface area contributed by atoms with E-state index in [1.165, 1.54) is 0 Å². The third-order valence-electron chi connectivity index (χ3n) is 2.90. The number of alkyl halides is 6. The summed E-state index contributed by atoms with van der Waals surface area (Å²) in [5.41, 5.74) is -4.30. The van der Waals surface area contributed by atoms with Gasteiger partial charge in [-0.2, -0.15) is 26.3 Å². The molecule has 10 heteroatoms. The van der Waals surface area contributed by atoms with E-state index in [2.05, 4.69) is 0 Å². The fourth-order valence-corrected chi connectivity index (χ4v) is 2.19. The van der Waals surface area contributed by atoms with Crippen molar-refractivity contribution < 1.29 is 26.3 Å². The third-order valence-corrected chi connectivity index (χ3v) is 3.19. The van der Waals surface area contributed by atoms with Gasteiger partial charge in [-0.3, -0.25) is 9.36 Å². The number of aromatic nitrogens is 1. The summed E-state index contributed by atoms with van der Waals surface area (Å²) in [5.74, 6) is 0. The van der Waals surface area contributed by atoms with Crippen LogP contribution in [-0.4, -0.2) is 12.4 Å². The van der Waals surface area contributed by atoms with E-state index in [4.69, 9.17) is 19.4 Å². The zero-order chi connectivity index (χ0) is 17.6. The second kappa shape index (κ2) is 5.63. The lowest BCUT2D eigenvalue weighted by molar-refractivity contribution is -0.138. The van der Waals surface area contributed by atoms with Crippen molar-refractivity contribution in [2.24, 2.45) is 0 Å². The predicted octanol–water partition coefficient (Wildman–Crippen LogP) is 3.32. The molecule has 23 heavy (non-hydrogen) atoms. The summed E-state index contributed by atoms with van der Waals surface area (Å²) in [7, 11) is 5.45. The van der Waals surface area contributed by atoms with E-state index >= 15 is 0 Å². The Balaban J connectivity index is 2.71. The molecule has 0 bridgehead atoms. The molecule has 2 nitrogen and oxygen atoms in total. The van der Waals surface area contributed by atoms with Gasteiger partial charge in [-0.05, 0) is 12.1 Å². The van der Waals surface area contributed by atoms with Gasteiger partial charge in [-0.15, -0.1) is 0 Å². The van der Waals surface area contributed by atoms with Crippen molar-refractivity contribution in [2.45, 2.75) is 12.4 Å². The van der Waals surface area contributed by atoms with Crippen LogP contribution in [-0.2, 0) is 12.4 Å². The van der Waals surface area contributed by atoms with Crippen LogP contribution in [0.4, 0.5) is 26.3 Å². The summed E-state index contributed by atoms with van der Waals surface area (Å²) in [6.45, 7) is 0. The number of nitrogens with zero attached hydrogens (tertiary/aromatic N) is 1. The molecule has 2 radical (unpaired) electrons. The van der Waals surface area contributed by atoms with Crippen molar-refractivity contribution in [3.05, 3.63) is 57.0 Å². The Morgan fingerprint density at radius 1 is 0.957 bits per heavy atom. The van der Waals surface area contributed by atoms with Crippen LogP contribution in [0.25, 0.3) is 5.69 Å². The molecule has 0 aliphatic heterocycles. The maximum Gasteiger partial charge on any atom is 0.417 e. The van der Waals surface area contributed by atoms with Crippen LogP contribution in [0, 0.1) is 0 Å². The first-order valence-corrected chi connectivity index (χ1v) is 6.25. The lowest BCUT2D eigenvalue weighted by Gasteiger charge is -2.16. The monoisotopic (exact) mass is 351 g/mol. The lowest BCUT2D eigenvalue weighted by atomic mass is 9.91. The highest BCUT2D eigenvalue weighted by molar-refractivity contribution is 6.40. The highest BCUT2D eigenvalue weighted by Crippen LogP contribution is 2.33. The van der Waals surface area contributed by atoms with Gasteiger partial charge < -0.3 is 0 Å². The van der Waals surface area contributed by atoms with Crippen molar-refractivity contribution in [2.75, 3.05) is 0 Å². The molecular weight excluding hydrogens is 346 g/mol. The molecule has 0 saturated carbocycles. The molecule has 0 unspecified atom stereocenters. The molecular formula is C13H5BClF6NO. The standard InChI is InChI=1S/C13H5BClF6NO/c14-8-3-7(13(19,20)21)4-9(15)11(8)22-5-6(12(16,17)18)1-2-10(22)23/h1-5H. The number of hydrogen-bond donors (Lipinski definition) is 0. The molecule has 1 heterocycles. The van der Waals surface area contributed by atoms with E-state index in [1.54, 1.807) is 0 Å². The van der Waals surface area contributed by atoms with Crippen LogP contribution < -0.4 is 11.0 Å². The highest BCUT2D eigenvalue weighted by atomic mass is 35.5. The first-order valence-electron chi connectivity index (χ1n) is 5.88. The van der Waals surface area contributed by atoms with Gasteiger partial charge in [0.2, 0.25) is 0 Å². The van der Waals surface area contributed by atoms with Gasteiger partial charge >= 0.3 is 12.4 Å². The van der Waals surface area contributed by atoms with Crippen LogP contribution in [0.3, 0.4) is 0 Å². The average molecular weight is 351 g/mol. The molecule has 0 amide bonds. The largest absolute Gasteiger partial charge is 0.417 e. The predicted molar refractivity (Wildman–Crippen MR) is 72.4 cm³/mol. The normalized spacial score (nSPS) is 12.5. The molecule has 120 valence electrons. The molecule has 2 rings (SSSR count). The van der Waals surface area contributed by atoms with Crippen LogP contribution >= 0.6 is 11.6 Å². The molecule has 0 aliphatic carbocycles. The first kappa shape index (κ1) is 17.5. The smallest absolute Gasteiger partial charge is 0.283 e. The maximum atomic E-state index is 12.7. The first-order chi connectivity index (χ1) is 10.4. The number of rotatable bonds is 1. The Hall–Kier alpha value is -1.90. The molecule has 0 fully saturated rings. The van der Waals surface area contributed by atoms with E-state index in [0.717, 1.165) is 0 Å². The van der Waals surface area contributed by atoms with Crippen LogP contribution in [0.15, 0.2) is 35.3 Å². The second-order valence-corrected chi connectivity index (χ2v) is 4.92. The zero-order valence-corrected chi connectivity index (χ0v) is 11.7. The summed E-state index contributed by atoms with van der Waals surface area (Å²) >= 11 is 5.69. The van der Waals surface area contributed by atoms with Crippen molar-refractivity contribution in [3.63, 3.8) is 0 Å². The average Bonchev–Trinajstić information content (AvgIpc) is 2.37. The minimum atomic E-state index is -4.75. The second-order valence-electron chi connectivity index (χ2n) is 4.52. The third kappa shape index (κ3) is 3.55. The molecule has 2 aromatic rings. The summed E-state index contributed by atoms with van der Waals surface area (Å²) in [4.78, 5) is 11.7. The molecule has 0 aliphatic rings. The molecule has 0 N–H and O–H groups in total. The van der Waals surface area contributed by atoms with E-state index in [0.29, 0.717) is 35.0 Å². The zero-order valence-electron chi connectivity index (χ0n) is 11.0. The van der Waals surface area contributed by atoms with Gasteiger partial charge in [0.1, 0.15) is 7.85 Å². The fraction of sp³-hybridized carbons (Fsp3) is 0.154.